The Hall–Kier alpha value is -1.91. The van der Waals surface area contributed by atoms with Gasteiger partial charge in [-0.05, 0) is 23.8 Å². The zero-order valence-electron chi connectivity index (χ0n) is 10.1. The Balaban J connectivity index is 2.09. The molecule has 0 aliphatic heterocycles. The van der Waals surface area contributed by atoms with Crippen molar-refractivity contribution in [2.75, 3.05) is 0 Å². The van der Waals surface area contributed by atoms with Gasteiger partial charge in [0.05, 0.1) is 5.02 Å². The Morgan fingerprint density at radius 2 is 1.70 bits per heavy atom. The van der Waals surface area contributed by atoms with Crippen molar-refractivity contribution in [1.29, 1.82) is 0 Å². The molecule has 0 saturated heterocycles. The molecule has 2 aromatic rings. The van der Waals surface area contributed by atoms with Crippen LogP contribution in [0, 0.1) is 0 Å². The molecule has 2 aromatic carbocycles. The van der Waals surface area contributed by atoms with Gasteiger partial charge in [-0.1, -0.05) is 35.3 Å². The molecule has 0 aliphatic rings. The first-order chi connectivity index (χ1) is 9.47. The van der Waals surface area contributed by atoms with Gasteiger partial charge in [0.2, 0.25) is 0 Å². The van der Waals surface area contributed by atoms with Gasteiger partial charge in [-0.25, -0.2) is 4.79 Å². The van der Waals surface area contributed by atoms with Crippen molar-refractivity contribution in [3.05, 3.63) is 57.6 Å². The number of aromatic hydroxyl groups is 2. The molecule has 2 rings (SSSR count). The second kappa shape index (κ2) is 6.03. The third kappa shape index (κ3) is 3.35. The number of phenols is 2. The Morgan fingerprint density at radius 3 is 2.35 bits per heavy atom. The summed E-state index contributed by atoms with van der Waals surface area (Å²) in [6.45, 7) is 0.0357. The van der Waals surface area contributed by atoms with E-state index < -0.39 is 11.7 Å². The number of rotatable bonds is 3. The molecule has 0 bridgehead atoms. The maximum Gasteiger partial charge on any atom is 0.342 e. The average Bonchev–Trinajstić information content (AvgIpc) is 2.42. The van der Waals surface area contributed by atoms with Crippen molar-refractivity contribution >= 4 is 29.2 Å². The van der Waals surface area contributed by atoms with Gasteiger partial charge in [0, 0.05) is 11.1 Å². The summed E-state index contributed by atoms with van der Waals surface area (Å²) >= 11 is 11.4. The van der Waals surface area contributed by atoms with Gasteiger partial charge in [-0.15, -0.1) is 0 Å². The van der Waals surface area contributed by atoms with E-state index in [1.807, 2.05) is 0 Å². The third-order valence-electron chi connectivity index (χ3n) is 2.57. The summed E-state index contributed by atoms with van der Waals surface area (Å²) in [5, 5.41) is 19.4. The summed E-state index contributed by atoms with van der Waals surface area (Å²) in [4.78, 5) is 11.8. The molecule has 0 fully saturated rings. The lowest BCUT2D eigenvalue weighted by Crippen LogP contribution is -2.05. The minimum atomic E-state index is -0.737. The van der Waals surface area contributed by atoms with Crippen LogP contribution in [0.2, 0.25) is 10.0 Å². The number of halogens is 2. The van der Waals surface area contributed by atoms with E-state index in [0.29, 0.717) is 5.02 Å². The second-order valence-electron chi connectivity index (χ2n) is 4.02. The van der Waals surface area contributed by atoms with Crippen LogP contribution in [0.4, 0.5) is 0 Å². The molecule has 0 aliphatic carbocycles. The Labute approximate surface area is 125 Å². The van der Waals surface area contributed by atoms with Crippen molar-refractivity contribution in [2.24, 2.45) is 0 Å². The fourth-order valence-corrected chi connectivity index (χ4v) is 1.81. The van der Waals surface area contributed by atoms with E-state index >= 15 is 0 Å². The quantitative estimate of drug-likeness (QED) is 0.847. The molecule has 4 nitrogen and oxygen atoms in total. The first-order valence-corrected chi connectivity index (χ1v) is 6.36. The first kappa shape index (κ1) is 14.5. The van der Waals surface area contributed by atoms with Crippen molar-refractivity contribution < 1.29 is 19.7 Å². The van der Waals surface area contributed by atoms with E-state index in [1.54, 1.807) is 24.3 Å². The second-order valence-corrected chi connectivity index (χ2v) is 4.87. The molecular formula is C14H10Cl2O4. The zero-order chi connectivity index (χ0) is 14.7. The predicted molar refractivity (Wildman–Crippen MR) is 75.4 cm³/mol. The lowest BCUT2D eigenvalue weighted by atomic mass is 10.2. The van der Waals surface area contributed by atoms with Crippen LogP contribution in [0.3, 0.4) is 0 Å². The van der Waals surface area contributed by atoms with Gasteiger partial charge < -0.3 is 14.9 Å². The summed E-state index contributed by atoms with van der Waals surface area (Å²) in [6, 6.07) is 8.94. The van der Waals surface area contributed by atoms with E-state index in [9.17, 15) is 15.0 Å². The monoisotopic (exact) mass is 312 g/mol. The lowest BCUT2D eigenvalue weighted by molar-refractivity contribution is 0.0469. The number of hydrogen-bond acceptors (Lipinski definition) is 4. The van der Waals surface area contributed by atoms with Gasteiger partial charge in [0.1, 0.15) is 23.7 Å². The maximum absolute atomic E-state index is 11.8. The van der Waals surface area contributed by atoms with Gasteiger partial charge in [-0.2, -0.15) is 0 Å². The first-order valence-electron chi connectivity index (χ1n) is 5.60. The minimum absolute atomic E-state index is 0.0357. The highest BCUT2D eigenvalue weighted by Crippen LogP contribution is 2.31. The molecule has 0 atom stereocenters. The smallest absolute Gasteiger partial charge is 0.342 e. The van der Waals surface area contributed by atoms with Crippen molar-refractivity contribution in [3.8, 4) is 11.5 Å². The summed E-state index contributed by atoms with van der Waals surface area (Å²) in [5.41, 5.74) is 0.647. The Morgan fingerprint density at radius 1 is 1.05 bits per heavy atom. The highest BCUT2D eigenvalue weighted by Gasteiger charge is 2.16. The number of hydrogen-bond donors (Lipinski definition) is 2. The summed E-state index contributed by atoms with van der Waals surface area (Å²) in [5.74, 6) is -1.44. The fourth-order valence-electron chi connectivity index (χ4n) is 1.52. The Bertz CT molecular complexity index is 638. The molecule has 0 spiro atoms. The van der Waals surface area contributed by atoms with Gasteiger partial charge in [-0.3, -0.25) is 0 Å². The van der Waals surface area contributed by atoms with Gasteiger partial charge >= 0.3 is 5.97 Å². The van der Waals surface area contributed by atoms with Gasteiger partial charge in [0.15, 0.2) is 0 Å². The molecule has 20 heavy (non-hydrogen) atoms. The number of benzene rings is 2. The zero-order valence-corrected chi connectivity index (χ0v) is 11.6. The van der Waals surface area contributed by atoms with E-state index in [-0.39, 0.29) is 22.9 Å². The molecule has 0 saturated carbocycles. The van der Waals surface area contributed by atoms with E-state index in [0.717, 1.165) is 17.7 Å². The number of carbonyl (C=O) groups is 1. The van der Waals surface area contributed by atoms with Crippen LogP contribution in [-0.4, -0.2) is 16.2 Å². The van der Waals surface area contributed by atoms with E-state index in [4.69, 9.17) is 27.9 Å². The molecule has 2 N–H and O–H groups in total. The summed E-state index contributed by atoms with van der Waals surface area (Å²) in [7, 11) is 0. The van der Waals surface area contributed by atoms with Crippen LogP contribution >= 0.6 is 23.2 Å². The molecule has 0 radical (unpaired) electrons. The SMILES string of the molecule is O=C(OCc1ccc(Cl)cc1)c1cc(Cl)c(O)cc1O. The fraction of sp³-hybridized carbons (Fsp3) is 0.0714. The van der Waals surface area contributed by atoms with Gasteiger partial charge in [0.25, 0.3) is 0 Å². The number of ether oxygens (including phenoxy) is 1. The van der Waals surface area contributed by atoms with Crippen molar-refractivity contribution in [3.63, 3.8) is 0 Å². The molecule has 0 amide bonds. The predicted octanol–water partition coefficient (Wildman–Crippen LogP) is 3.76. The molecule has 0 unspecified atom stereocenters. The highest BCUT2D eigenvalue weighted by atomic mass is 35.5. The van der Waals surface area contributed by atoms with Crippen LogP contribution in [-0.2, 0) is 11.3 Å². The standard InChI is InChI=1S/C14H10Cl2O4/c15-9-3-1-8(2-4-9)7-20-14(19)10-5-11(16)13(18)6-12(10)17/h1-6,17-18H,7H2. The average molecular weight is 313 g/mol. The molecule has 6 heteroatoms. The number of phenolic OH excluding ortho intramolecular Hbond substituents is 2. The van der Waals surface area contributed by atoms with E-state index in [1.165, 1.54) is 0 Å². The number of carbonyl (C=O) groups excluding carboxylic acids is 1. The topological polar surface area (TPSA) is 66.8 Å². The normalized spacial score (nSPS) is 10.3. The molecule has 0 heterocycles. The lowest BCUT2D eigenvalue weighted by Gasteiger charge is -2.08. The van der Waals surface area contributed by atoms with E-state index in [2.05, 4.69) is 0 Å². The molecular weight excluding hydrogens is 303 g/mol. The van der Waals surface area contributed by atoms with Crippen LogP contribution < -0.4 is 0 Å². The highest BCUT2D eigenvalue weighted by molar-refractivity contribution is 6.32. The summed E-state index contributed by atoms with van der Waals surface area (Å²) in [6.07, 6.45) is 0. The van der Waals surface area contributed by atoms with Crippen molar-refractivity contribution in [1.82, 2.24) is 0 Å². The van der Waals surface area contributed by atoms with Crippen molar-refractivity contribution in [2.45, 2.75) is 6.61 Å². The van der Waals surface area contributed by atoms with Crippen LogP contribution in [0.5, 0.6) is 11.5 Å². The maximum atomic E-state index is 11.8. The largest absolute Gasteiger partial charge is 0.507 e. The molecule has 0 aromatic heterocycles. The minimum Gasteiger partial charge on any atom is -0.507 e. The Kier molecular flexibility index (Phi) is 4.37. The third-order valence-corrected chi connectivity index (χ3v) is 3.12. The van der Waals surface area contributed by atoms with Crippen LogP contribution in [0.15, 0.2) is 36.4 Å². The van der Waals surface area contributed by atoms with Crippen LogP contribution in [0.25, 0.3) is 0 Å². The van der Waals surface area contributed by atoms with Crippen LogP contribution in [0.1, 0.15) is 15.9 Å². The number of esters is 1. The molecule has 104 valence electrons. The summed E-state index contributed by atoms with van der Waals surface area (Å²) < 4.78 is 5.05.